The van der Waals surface area contributed by atoms with Crippen molar-refractivity contribution >= 4 is 5.69 Å². The molecule has 0 bridgehead atoms. The molecule has 0 aromatic heterocycles. The molecule has 1 N–H and O–H groups in total. The van der Waals surface area contributed by atoms with E-state index in [0.717, 1.165) is 36.8 Å². The highest BCUT2D eigenvalue weighted by Crippen LogP contribution is 2.24. The average Bonchev–Trinajstić information content (AvgIpc) is 2.61. The Hall–Kier alpha value is -2.16. The van der Waals surface area contributed by atoms with Gasteiger partial charge in [-0.05, 0) is 36.2 Å². The highest BCUT2D eigenvalue weighted by Gasteiger charge is 2.01. The lowest BCUT2D eigenvalue weighted by molar-refractivity contribution is 0.305. The molecule has 0 aliphatic carbocycles. The van der Waals surface area contributed by atoms with E-state index in [4.69, 9.17) is 9.47 Å². The largest absolute Gasteiger partial charge is 0.495 e. The summed E-state index contributed by atoms with van der Waals surface area (Å²) in [5.74, 6) is 1.81. The second-order valence-corrected chi connectivity index (χ2v) is 5.61. The zero-order valence-electron chi connectivity index (χ0n) is 14.2. The third-order valence-corrected chi connectivity index (χ3v) is 3.78. The molecule has 0 spiro atoms. The first-order chi connectivity index (χ1) is 11.3. The molecule has 3 nitrogen and oxygen atoms in total. The molecular formula is C20H27NO2. The SMILES string of the molecule is CCCCCCOc1ccc(CNc2ccccc2OC)cc1. The van der Waals surface area contributed by atoms with Gasteiger partial charge in [-0.2, -0.15) is 0 Å². The molecule has 0 amide bonds. The van der Waals surface area contributed by atoms with Crippen LogP contribution in [0, 0.1) is 0 Å². The van der Waals surface area contributed by atoms with Crippen molar-refractivity contribution in [3.05, 3.63) is 54.1 Å². The molecule has 0 fully saturated rings. The Morgan fingerprint density at radius 2 is 1.70 bits per heavy atom. The summed E-state index contributed by atoms with van der Waals surface area (Å²) in [4.78, 5) is 0. The fraction of sp³-hybridized carbons (Fsp3) is 0.400. The molecule has 0 radical (unpaired) electrons. The molecule has 0 aliphatic heterocycles. The Morgan fingerprint density at radius 1 is 0.913 bits per heavy atom. The minimum atomic E-state index is 0.761. The molecule has 0 atom stereocenters. The van der Waals surface area contributed by atoms with Crippen LogP contribution in [0.2, 0.25) is 0 Å². The van der Waals surface area contributed by atoms with E-state index in [1.807, 2.05) is 36.4 Å². The van der Waals surface area contributed by atoms with Crippen LogP contribution in [0.3, 0.4) is 0 Å². The molecule has 2 aromatic carbocycles. The standard InChI is InChI=1S/C20H27NO2/c1-3-4-5-8-15-23-18-13-11-17(12-14-18)16-21-19-9-6-7-10-20(19)22-2/h6-7,9-14,21H,3-5,8,15-16H2,1-2H3. The summed E-state index contributed by atoms with van der Waals surface area (Å²) >= 11 is 0. The summed E-state index contributed by atoms with van der Waals surface area (Å²) in [6, 6.07) is 16.2. The van der Waals surface area contributed by atoms with Crippen molar-refractivity contribution in [3.63, 3.8) is 0 Å². The molecule has 2 aromatic rings. The van der Waals surface area contributed by atoms with Crippen molar-refractivity contribution in [3.8, 4) is 11.5 Å². The van der Waals surface area contributed by atoms with E-state index in [1.54, 1.807) is 7.11 Å². The average molecular weight is 313 g/mol. The van der Waals surface area contributed by atoms with Gasteiger partial charge in [0, 0.05) is 6.54 Å². The number of ether oxygens (including phenoxy) is 2. The number of hydrogen-bond donors (Lipinski definition) is 1. The number of methoxy groups -OCH3 is 1. The van der Waals surface area contributed by atoms with Crippen LogP contribution in [-0.4, -0.2) is 13.7 Å². The number of anilines is 1. The van der Waals surface area contributed by atoms with Crippen molar-refractivity contribution in [2.75, 3.05) is 19.0 Å². The second kappa shape index (κ2) is 9.78. The van der Waals surface area contributed by atoms with Gasteiger partial charge in [-0.3, -0.25) is 0 Å². The Kier molecular flexibility index (Phi) is 7.31. The molecule has 0 aliphatic rings. The van der Waals surface area contributed by atoms with E-state index in [1.165, 1.54) is 24.8 Å². The van der Waals surface area contributed by atoms with Gasteiger partial charge in [0.05, 0.1) is 19.4 Å². The van der Waals surface area contributed by atoms with Crippen molar-refractivity contribution < 1.29 is 9.47 Å². The van der Waals surface area contributed by atoms with E-state index in [9.17, 15) is 0 Å². The Bertz CT molecular complexity index is 566. The van der Waals surface area contributed by atoms with Gasteiger partial charge in [0.25, 0.3) is 0 Å². The van der Waals surface area contributed by atoms with Gasteiger partial charge < -0.3 is 14.8 Å². The van der Waals surface area contributed by atoms with Crippen LogP contribution in [0.5, 0.6) is 11.5 Å². The number of unbranched alkanes of at least 4 members (excludes halogenated alkanes) is 3. The maximum Gasteiger partial charge on any atom is 0.141 e. The van der Waals surface area contributed by atoms with Crippen LogP contribution >= 0.6 is 0 Å². The summed E-state index contributed by atoms with van der Waals surface area (Å²) in [7, 11) is 1.69. The van der Waals surface area contributed by atoms with Crippen LogP contribution in [-0.2, 0) is 6.54 Å². The Morgan fingerprint density at radius 3 is 2.43 bits per heavy atom. The summed E-state index contributed by atoms with van der Waals surface area (Å²) < 4.78 is 11.1. The first kappa shape index (κ1) is 17.2. The van der Waals surface area contributed by atoms with Crippen LogP contribution in [0.1, 0.15) is 38.2 Å². The van der Waals surface area contributed by atoms with Gasteiger partial charge in [0.1, 0.15) is 11.5 Å². The molecule has 0 saturated carbocycles. The van der Waals surface area contributed by atoms with E-state index in [2.05, 4.69) is 24.4 Å². The van der Waals surface area contributed by atoms with E-state index in [0.29, 0.717) is 0 Å². The number of rotatable bonds is 10. The molecule has 0 heterocycles. The van der Waals surface area contributed by atoms with Gasteiger partial charge in [-0.15, -0.1) is 0 Å². The van der Waals surface area contributed by atoms with Gasteiger partial charge in [0.15, 0.2) is 0 Å². The number of hydrogen-bond acceptors (Lipinski definition) is 3. The lowest BCUT2D eigenvalue weighted by Gasteiger charge is -2.11. The normalized spacial score (nSPS) is 10.3. The zero-order chi connectivity index (χ0) is 16.3. The van der Waals surface area contributed by atoms with Crippen LogP contribution < -0.4 is 14.8 Å². The van der Waals surface area contributed by atoms with Crippen molar-refractivity contribution in [2.45, 2.75) is 39.2 Å². The highest BCUT2D eigenvalue weighted by atomic mass is 16.5. The summed E-state index contributed by atoms with van der Waals surface area (Å²) in [5, 5.41) is 3.40. The molecule has 3 heteroatoms. The lowest BCUT2D eigenvalue weighted by Crippen LogP contribution is -2.01. The Balaban J connectivity index is 1.78. The fourth-order valence-corrected chi connectivity index (χ4v) is 2.41. The van der Waals surface area contributed by atoms with Crippen LogP contribution in [0.15, 0.2) is 48.5 Å². The van der Waals surface area contributed by atoms with E-state index >= 15 is 0 Å². The molecule has 0 unspecified atom stereocenters. The van der Waals surface area contributed by atoms with Gasteiger partial charge >= 0.3 is 0 Å². The second-order valence-electron chi connectivity index (χ2n) is 5.61. The van der Waals surface area contributed by atoms with Crippen molar-refractivity contribution in [1.82, 2.24) is 0 Å². The monoisotopic (exact) mass is 313 g/mol. The summed E-state index contributed by atoms with van der Waals surface area (Å²) in [5.41, 5.74) is 2.22. The number of para-hydroxylation sites is 2. The zero-order valence-corrected chi connectivity index (χ0v) is 14.2. The van der Waals surface area contributed by atoms with Gasteiger partial charge in [0.2, 0.25) is 0 Å². The third kappa shape index (κ3) is 5.85. The maximum atomic E-state index is 5.77. The van der Waals surface area contributed by atoms with E-state index in [-0.39, 0.29) is 0 Å². The molecule has 0 saturated heterocycles. The number of benzene rings is 2. The predicted molar refractivity (Wildman–Crippen MR) is 96.4 cm³/mol. The minimum Gasteiger partial charge on any atom is -0.495 e. The summed E-state index contributed by atoms with van der Waals surface area (Å²) in [6.07, 6.45) is 4.92. The van der Waals surface area contributed by atoms with Crippen molar-refractivity contribution in [1.29, 1.82) is 0 Å². The smallest absolute Gasteiger partial charge is 0.141 e. The van der Waals surface area contributed by atoms with Crippen LogP contribution in [0.25, 0.3) is 0 Å². The van der Waals surface area contributed by atoms with Gasteiger partial charge in [-0.1, -0.05) is 50.5 Å². The molecule has 124 valence electrons. The fourth-order valence-electron chi connectivity index (χ4n) is 2.41. The topological polar surface area (TPSA) is 30.5 Å². The molecule has 23 heavy (non-hydrogen) atoms. The van der Waals surface area contributed by atoms with Crippen LogP contribution in [0.4, 0.5) is 5.69 Å². The maximum absolute atomic E-state index is 5.77. The highest BCUT2D eigenvalue weighted by molar-refractivity contribution is 5.56. The first-order valence-electron chi connectivity index (χ1n) is 8.42. The summed E-state index contributed by atoms with van der Waals surface area (Å²) in [6.45, 7) is 3.79. The minimum absolute atomic E-state index is 0.761. The van der Waals surface area contributed by atoms with Crippen molar-refractivity contribution in [2.24, 2.45) is 0 Å². The van der Waals surface area contributed by atoms with E-state index < -0.39 is 0 Å². The third-order valence-electron chi connectivity index (χ3n) is 3.78. The first-order valence-corrected chi connectivity index (χ1v) is 8.42. The number of nitrogens with one attached hydrogen (secondary N) is 1. The van der Waals surface area contributed by atoms with Gasteiger partial charge in [-0.25, -0.2) is 0 Å². The lowest BCUT2D eigenvalue weighted by atomic mass is 10.2. The Labute approximate surface area is 139 Å². The predicted octanol–water partition coefficient (Wildman–Crippen LogP) is 5.27. The molecular weight excluding hydrogens is 286 g/mol. The quantitative estimate of drug-likeness (QED) is 0.606. The molecule has 2 rings (SSSR count).